The summed E-state index contributed by atoms with van der Waals surface area (Å²) in [6.45, 7) is -1.67. The van der Waals surface area contributed by atoms with Gasteiger partial charge < -0.3 is 5.73 Å². The number of hydrogen-bond donors (Lipinski definition) is 1. The van der Waals surface area contributed by atoms with Crippen molar-refractivity contribution in [3.05, 3.63) is 34.9 Å². The van der Waals surface area contributed by atoms with Crippen molar-refractivity contribution in [1.29, 1.82) is 0 Å². The lowest BCUT2D eigenvalue weighted by Crippen LogP contribution is -2.14. The summed E-state index contributed by atoms with van der Waals surface area (Å²) in [5.41, 5.74) is 5.27. The third kappa shape index (κ3) is 1.83. The van der Waals surface area contributed by atoms with Crippen LogP contribution in [0.4, 0.5) is 8.78 Å². The average molecular weight is 185 g/mol. The second-order valence-corrected chi connectivity index (χ2v) is 2.57. The zero-order chi connectivity index (χ0) is 9.84. The molecular weight excluding hydrogens is 176 g/mol. The van der Waals surface area contributed by atoms with Gasteiger partial charge in [-0.3, -0.25) is 4.79 Å². The Bertz CT molecular complexity index is 325. The summed E-state index contributed by atoms with van der Waals surface area (Å²) in [5, 5.41) is 0. The Morgan fingerprint density at radius 1 is 1.31 bits per heavy atom. The number of carbonyl (C=O) groups is 1. The van der Waals surface area contributed by atoms with Gasteiger partial charge in [-0.1, -0.05) is 12.1 Å². The second kappa shape index (κ2) is 3.98. The number of benzene rings is 1. The van der Waals surface area contributed by atoms with Gasteiger partial charge >= 0.3 is 0 Å². The maximum absolute atomic E-state index is 12.4. The van der Waals surface area contributed by atoms with Crippen molar-refractivity contribution >= 4 is 5.91 Å². The Hall–Kier alpha value is -1.45. The summed E-state index contributed by atoms with van der Waals surface area (Å²) >= 11 is 0. The lowest BCUT2D eigenvalue weighted by Gasteiger charge is -2.06. The third-order valence-corrected chi connectivity index (χ3v) is 1.82. The largest absolute Gasteiger partial charge is 0.366 e. The van der Waals surface area contributed by atoms with Crippen LogP contribution < -0.4 is 5.73 Å². The molecule has 2 N–H and O–H groups in total. The van der Waals surface area contributed by atoms with Crippen LogP contribution in [-0.2, 0) is 13.3 Å². The Morgan fingerprint density at radius 2 is 2.00 bits per heavy atom. The van der Waals surface area contributed by atoms with Crippen molar-refractivity contribution in [2.24, 2.45) is 5.73 Å². The van der Waals surface area contributed by atoms with E-state index in [1.807, 2.05) is 0 Å². The SMILES string of the molecule is NC(=O)c1cccc(CF)c1CF. The Morgan fingerprint density at radius 3 is 2.46 bits per heavy atom. The van der Waals surface area contributed by atoms with E-state index in [-0.39, 0.29) is 16.7 Å². The van der Waals surface area contributed by atoms with Crippen LogP contribution in [0.15, 0.2) is 18.2 Å². The fourth-order valence-corrected chi connectivity index (χ4v) is 1.15. The van der Waals surface area contributed by atoms with Gasteiger partial charge in [-0.15, -0.1) is 0 Å². The normalized spacial score (nSPS) is 10.0. The van der Waals surface area contributed by atoms with Crippen LogP contribution in [-0.4, -0.2) is 5.91 Å². The number of amides is 1. The van der Waals surface area contributed by atoms with E-state index in [0.717, 1.165) is 0 Å². The molecular formula is C9H9F2NO. The summed E-state index contributed by atoms with van der Waals surface area (Å²) in [4.78, 5) is 10.8. The molecule has 1 aromatic carbocycles. The summed E-state index contributed by atoms with van der Waals surface area (Å²) in [6.07, 6.45) is 0. The van der Waals surface area contributed by atoms with Gasteiger partial charge in [0.25, 0.3) is 0 Å². The van der Waals surface area contributed by atoms with Crippen molar-refractivity contribution in [2.45, 2.75) is 13.3 Å². The summed E-state index contributed by atoms with van der Waals surface area (Å²) in [6, 6.07) is 4.30. The molecule has 0 radical (unpaired) electrons. The fourth-order valence-electron chi connectivity index (χ4n) is 1.15. The number of nitrogens with two attached hydrogens (primary N) is 1. The molecule has 0 spiro atoms. The molecule has 0 aliphatic rings. The number of alkyl halides is 2. The van der Waals surface area contributed by atoms with E-state index in [2.05, 4.69) is 0 Å². The van der Waals surface area contributed by atoms with Gasteiger partial charge in [-0.2, -0.15) is 0 Å². The van der Waals surface area contributed by atoms with Gasteiger partial charge in [0.2, 0.25) is 5.91 Å². The van der Waals surface area contributed by atoms with Gasteiger partial charge in [0.1, 0.15) is 13.3 Å². The van der Waals surface area contributed by atoms with E-state index >= 15 is 0 Å². The number of halogens is 2. The molecule has 0 aromatic heterocycles. The lowest BCUT2D eigenvalue weighted by atomic mass is 10.0. The topological polar surface area (TPSA) is 43.1 Å². The number of primary amides is 1. The van der Waals surface area contributed by atoms with Crippen LogP contribution in [0.2, 0.25) is 0 Å². The highest BCUT2D eigenvalue weighted by atomic mass is 19.1. The van der Waals surface area contributed by atoms with E-state index in [1.54, 1.807) is 0 Å². The van der Waals surface area contributed by atoms with Crippen LogP contribution in [0, 0.1) is 0 Å². The number of carbonyl (C=O) groups excluding carboxylic acids is 1. The van der Waals surface area contributed by atoms with Crippen LogP contribution in [0.1, 0.15) is 21.5 Å². The Balaban J connectivity index is 3.27. The molecule has 70 valence electrons. The van der Waals surface area contributed by atoms with E-state index in [0.29, 0.717) is 0 Å². The number of rotatable bonds is 3. The van der Waals surface area contributed by atoms with Crippen LogP contribution in [0.5, 0.6) is 0 Å². The minimum atomic E-state index is -0.877. The van der Waals surface area contributed by atoms with Crippen LogP contribution >= 0.6 is 0 Å². The molecule has 0 saturated heterocycles. The molecule has 1 aromatic rings. The minimum Gasteiger partial charge on any atom is -0.366 e. The van der Waals surface area contributed by atoms with Crippen molar-refractivity contribution in [3.63, 3.8) is 0 Å². The highest BCUT2D eigenvalue weighted by molar-refractivity contribution is 5.94. The Kier molecular flexibility index (Phi) is 2.95. The zero-order valence-electron chi connectivity index (χ0n) is 6.89. The fraction of sp³-hybridized carbons (Fsp3) is 0.222. The smallest absolute Gasteiger partial charge is 0.249 e. The lowest BCUT2D eigenvalue weighted by molar-refractivity contribution is 0.0998. The van der Waals surface area contributed by atoms with Gasteiger partial charge in [-0.25, -0.2) is 8.78 Å². The summed E-state index contributed by atoms with van der Waals surface area (Å²) in [5.74, 6) is -0.733. The molecule has 0 heterocycles. The van der Waals surface area contributed by atoms with Crippen LogP contribution in [0.3, 0.4) is 0 Å². The van der Waals surface area contributed by atoms with E-state index in [4.69, 9.17) is 5.73 Å². The molecule has 0 atom stereocenters. The monoisotopic (exact) mass is 185 g/mol. The number of hydrogen-bond acceptors (Lipinski definition) is 1. The molecule has 0 aliphatic carbocycles. The van der Waals surface area contributed by atoms with Gasteiger partial charge in [0.15, 0.2) is 0 Å². The minimum absolute atomic E-state index is 0.0532. The zero-order valence-corrected chi connectivity index (χ0v) is 6.89. The highest BCUT2D eigenvalue weighted by Gasteiger charge is 2.11. The molecule has 0 bridgehead atoms. The van der Waals surface area contributed by atoms with E-state index < -0.39 is 19.3 Å². The van der Waals surface area contributed by atoms with Crippen molar-refractivity contribution in [2.75, 3.05) is 0 Å². The third-order valence-electron chi connectivity index (χ3n) is 1.82. The summed E-state index contributed by atoms with van der Waals surface area (Å²) < 4.78 is 24.7. The molecule has 0 aliphatic heterocycles. The molecule has 13 heavy (non-hydrogen) atoms. The summed E-state index contributed by atoms with van der Waals surface area (Å²) in [7, 11) is 0. The molecule has 0 saturated carbocycles. The first-order chi connectivity index (χ1) is 6.20. The van der Waals surface area contributed by atoms with E-state index in [9.17, 15) is 13.6 Å². The first-order valence-corrected chi connectivity index (χ1v) is 3.73. The van der Waals surface area contributed by atoms with Crippen molar-refractivity contribution in [1.82, 2.24) is 0 Å². The van der Waals surface area contributed by atoms with Crippen LogP contribution in [0.25, 0.3) is 0 Å². The molecule has 2 nitrogen and oxygen atoms in total. The molecule has 1 amide bonds. The first kappa shape index (κ1) is 9.64. The van der Waals surface area contributed by atoms with E-state index in [1.165, 1.54) is 18.2 Å². The predicted octanol–water partition coefficient (Wildman–Crippen LogP) is 1.72. The van der Waals surface area contributed by atoms with Gasteiger partial charge in [-0.05, 0) is 11.6 Å². The van der Waals surface area contributed by atoms with Crippen molar-refractivity contribution < 1.29 is 13.6 Å². The van der Waals surface area contributed by atoms with Gasteiger partial charge in [0, 0.05) is 11.1 Å². The maximum Gasteiger partial charge on any atom is 0.249 e. The predicted molar refractivity (Wildman–Crippen MR) is 44.6 cm³/mol. The highest BCUT2D eigenvalue weighted by Crippen LogP contribution is 2.16. The molecule has 0 fully saturated rings. The molecule has 1 rings (SSSR count). The molecule has 4 heteroatoms. The first-order valence-electron chi connectivity index (χ1n) is 3.73. The Labute approximate surface area is 74.4 Å². The molecule has 0 unspecified atom stereocenters. The second-order valence-electron chi connectivity index (χ2n) is 2.57. The quantitative estimate of drug-likeness (QED) is 0.765. The maximum atomic E-state index is 12.4. The van der Waals surface area contributed by atoms with Crippen molar-refractivity contribution in [3.8, 4) is 0 Å². The average Bonchev–Trinajstić information content (AvgIpc) is 2.16. The standard InChI is InChI=1S/C9H9F2NO/c10-4-6-2-1-3-7(9(12)13)8(6)5-11/h1-3H,4-5H2,(H2,12,13). The van der Waals surface area contributed by atoms with Gasteiger partial charge in [0.05, 0.1) is 0 Å².